The number of thioether (sulfide) groups is 1. The number of pyridine rings is 1. The molecule has 1 aromatic heterocycles. The number of alkyl carbamates (subject to hydrolysis) is 1. The van der Waals surface area contributed by atoms with Gasteiger partial charge in [-0.2, -0.15) is 4.57 Å². The van der Waals surface area contributed by atoms with E-state index in [0.717, 1.165) is 45.2 Å². The van der Waals surface area contributed by atoms with Gasteiger partial charge in [-0.05, 0) is 96.3 Å². The molecule has 10 nitrogen and oxygen atoms in total. The molecule has 0 saturated carbocycles. The summed E-state index contributed by atoms with van der Waals surface area (Å²) in [5, 5.41) is 13.9. The van der Waals surface area contributed by atoms with Crippen molar-refractivity contribution in [3.05, 3.63) is 71.4 Å². The summed E-state index contributed by atoms with van der Waals surface area (Å²) in [4.78, 5) is 41.1. The number of halogens is 1. The molecule has 1 aliphatic rings. The van der Waals surface area contributed by atoms with Crippen molar-refractivity contribution in [2.24, 2.45) is 0 Å². The molecular weight excluding hydrogens is 763 g/mol. The number of nitrogens with zero attached hydrogens (tertiary/aromatic N) is 2. The van der Waals surface area contributed by atoms with Crippen molar-refractivity contribution in [3.8, 4) is 0 Å². The second-order valence-corrected chi connectivity index (χ2v) is 14.4. The molecule has 0 fully saturated rings. The summed E-state index contributed by atoms with van der Waals surface area (Å²) >= 11 is 1.80. The molecule has 272 valence electrons. The molecule has 3 amide bonds. The zero-order valence-corrected chi connectivity index (χ0v) is 33.0. The third-order valence-corrected chi connectivity index (χ3v) is 9.40. The molecule has 0 bridgehead atoms. The van der Waals surface area contributed by atoms with Crippen LogP contribution in [0.1, 0.15) is 71.3 Å². The van der Waals surface area contributed by atoms with Crippen LogP contribution >= 0.6 is 11.8 Å². The lowest BCUT2D eigenvalue weighted by Crippen LogP contribution is -3.00. The predicted molar refractivity (Wildman–Crippen MR) is 198 cm³/mol. The maximum atomic E-state index is 12.8. The van der Waals surface area contributed by atoms with Gasteiger partial charge in [-0.1, -0.05) is 36.0 Å². The van der Waals surface area contributed by atoms with E-state index >= 15 is 0 Å². The first-order valence-corrected chi connectivity index (χ1v) is 18.2. The smallest absolute Gasteiger partial charge is 0.408 e. The average Bonchev–Trinajstić information content (AvgIpc) is 3.38. The summed E-state index contributed by atoms with van der Waals surface area (Å²) in [6, 6.07) is 18.5. The van der Waals surface area contributed by atoms with E-state index in [-0.39, 0.29) is 42.3 Å². The Morgan fingerprint density at radius 1 is 0.920 bits per heavy atom. The minimum Gasteiger partial charge on any atom is -1.00 e. The van der Waals surface area contributed by atoms with Crippen LogP contribution in [-0.2, 0) is 20.9 Å². The number of anilines is 1. The second kappa shape index (κ2) is 20.5. The number of hydrogen-bond donors (Lipinski definition) is 4. The van der Waals surface area contributed by atoms with Crippen LogP contribution in [0.2, 0.25) is 0 Å². The summed E-state index contributed by atoms with van der Waals surface area (Å²) < 4.78 is 7.63. The number of aromatic nitrogens is 1. The highest BCUT2D eigenvalue weighted by molar-refractivity contribution is 8.03. The maximum absolute atomic E-state index is 12.8. The summed E-state index contributed by atoms with van der Waals surface area (Å²) in [5.74, 6) is -0.313. The monoisotopic (exact) mass is 816 g/mol. The Kier molecular flexibility index (Phi) is 16.8. The second-order valence-electron chi connectivity index (χ2n) is 13.3. The third kappa shape index (κ3) is 12.8. The van der Waals surface area contributed by atoms with Gasteiger partial charge in [-0.15, -0.1) is 0 Å². The number of rotatable bonds is 17. The highest BCUT2D eigenvalue weighted by Gasteiger charge is 2.24. The summed E-state index contributed by atoms with van der Waals surface area (Å²) in [6.45, 7) is 7.67. The fourth-order valence-corrected chi connectivity index (χ4v) is 6.82. The van der Waals surface area contributed by atoms with E-state index in [1.807, 2.05) is 7.05 Å². The molecule has 0 radical (unpaired) electrons. The lowest BCUT2D eigenvalue weighted by molar-refractivity contribution is -0.671. The summed E-state index contributed by atoms with van der Waals surface area (Å²) in [7, 11) is 4.00. The van der Waals surface area contributed by atoms with Crippen LogP contribution < -0.4 is 54.7 Å². The van der Waals surface area contributed by atoms with Crippen LogP contribution in [0.15, 0.2) is 70.7 Å². The van der Waals surface area contributed by atoms with Crippen LogP contribution in [0.3, 0.4) is 0 Å². The van der Waals surface area contributed by atoms with E-state index in [4.69, 9.17) is 4.74 Å². The van der Waals surface area contributed by atoms with Crippen molar-refractivity contribution in [3.63, 3.8) is 0 Å². The van der Waals surface area contributed by atoms with Gasteiger partial charge in [0.1, 0.15) is 18.2 Å². The highest BCUT2D eigenvalue weighted by Crippen LogP contribution is 2.45. The Hall–Kier alpha value is -3.36. The Bertz CT molecular complexity index is 1610. The molecule has 2 heterocycles. The number of benzene rings is 2. The van der Waals surface area contributed by atoms with Crippen molar-refractivity contribution in [1.29, 1.82) is 0 Å². The number of carbonyl (C=O) groups is 3. The Balaban J connectivity index is 0.00000676. The predicted octanol–water partition coefficient (Wildman–Crippen LogP) is 2.75. The van der Waals surface area contributed by atoms with Gasteiger partial charge in [0.15, 0.2) is 6.20 Å². The van der Waals surface area contributed by atoms with Gasteiger partial charge in [0.25, 0.3) is 0 Å². The standard InChI is InChI=1S/C38H52N6O4S.HI/c1-38(2,3)48-37(47)42-30(16-12-13-22-39-4)36(46)41-24-23-40-34(45)20-7-6-14-25-44-26-21-28(29-15-8-9-17-31(29)44)27-35-43(5)32-18-10-11-19-33(32)49-35;/h8-11,15,17-19,21,26-27,30,39H,6-7,12-14,16,20,22-25H2,1-5H3,(H2-,40,41,42,45,46,47);1H. The fourth-order valence-electron chi connectivity index (χ4n) is 5.72. The molecule has 0 spiro atoms. The average molecular weight is 817 g/mol. The number of carbonyl (C=O) groups excluding carboxylic acids is 3. The lowest BCUT2D eigenvalue weighted by atomic mass is 10.1. The number of para-hydroxylation sites is 2. The Labute approximate surface area is 318 Å². The number of nitrogens with one attached hydrogen (secondary N) is 4. The van der Waals surface area contributed by atoms with Crippen LogP contribution in [0, 0.1) is 0 Å². The molecule has 0 aliphatic carbocycles. The molecule has 1 aliphatic heterocycles. The highest BCUT2D eigenvalue weighted by atomic mass is 127. The molecule has 50 heavy (non-hydrogen) atoms. The van der Waals surface area contributed by atoms with E-state index < -0.39 is 17.7 Å². The van der Waals surface area contributed by atoms with Crippen LogP contribution in [0.25, 0.3) is 17.0 Å². The van der Waals surface area contributed by atoms with Gasteiger partial charge in [-0.3, -0.25) is 9.59 Å². The van der Waals surface area contributed by atoms with Gasteiger partial charge in [0.05, 0.1) is 16.1 Å². The first-order valence-electron chi connectivity index (χ1n) is 17.4. The van der Waals surface area contributed by atoms with Crippen LogP contribution in [0.4, 0.5) is 10.5 Å². The van der Waals surface area contributed by atoms with Gasteiger partial charge in [0.2, 0.25) is 17.3 Å². The van der Waals surface area contributed by atoms with E-state index in [2.05, 4.69) is 105 Å². The van der Waals surface area contributed by atoms with Gasteiger partial charge >= 0.3 is 6.09 Å². The SMILES string of the molecule is CNCCCCC(NC(=O)OC(C)(C)C)C(=O)NCCNC(=O)CCCCC[n+]1ccc(C=C2Sc3ccccc3N2C)c2ccccc21.[I-]. The molecule has 2 aromatic carbocycles. The molecular formula is C38H53IN6O4S. The zero-order valence-electron chi connectivity index (χ0n) is 30.0. The quantitative estimate of drug-likeness (QED) is 0.0943. The van der Waals surface area contributed by atoms with Gasteiger partial charge < -0.3 is 54.9 Å². The van der Waals surface area contributed by atoms with E-state index in [1.165, 1.54) is 32.1 Å². The number of unbranched alkanes of at least 4 members (excludes halogenated alkanes) is 3. The molecule has 0 saturated heterocycles. The molecule has 12 heteroatoms. The van der Waals surface area contributed by atoms with E-state index in [9.17, 15) is 14.4 Å². The fraction of sp³-hybridized carbons (Fsp3) is 0.474. The summed E-state index contributed by atoms with van der Waals surface area (Å²) in [5.41, 5.74) is 2.97. The molecule has 3 aromatic rings. The molecule has 1 atom stereocenters. The number of fused-ring (bicyclic) bond motifs is 2. The van der Waals surface area contributed by atoms with Crippen LogP contribution in [0.5, 0.6) is 0 Å². The third-order valence-electron chi connectivity index (χ3n) is 8.24. The van der Waals surface area contributed by atoms with Crippen molar-refractivity contribution in [2.75, 3.05) is 38.6 Å². The zero-order chi connectivity index (χ0) is 35.2. The van der Waals surface area contributed by atoms with Crippen LogP contribution in [-0.4, -0.2) is 63.3 Å². The van der Waals surface area contributed by atoms with Crippen molar-refractivity contribution in [1.82, 2.24) is 21.3 Å². The first kappa shape index (κ1) is 41.1. The van der Waals surface area contributed by atoms with Gasteiger partial charge in [0, 0.05) is 50.0 Å². The van der Waals surface area contributed by atoms with E-state index in [1.54, 1.807) is 32.5 Å². The number of aryl methyl sites for hydroxylation is 1. The maximum Gasteiger partial charge on any atom is 0.408 e. The normalized spacial score (nSPS) is 13.8. The number of ether oxygens (including phenoxy) is 1. The largest absolute Gasteiger partial charge is 1.00 e. The minimum atomic E-state index is -0.698. The Morgan fingerprint density at radius 2 is 1.66 bits per heavy atom. The number of hydrogen-bond acceptors (Lipinski definition) is 7. The minimum absolute atomic E-state index is 0. The first-order chi connectivity index (χ1) is 23.6. The lowest BCUT2D eigenvalue weighted by Gasteiger charge is -2.23. The Morgan fingerprint density at radius 3 is 2.42 bits per heavy atom. The van der Waals surface area contributed by atoms with E-state index in [0.29, 0.717) is 19.4 Å². The van der Waals surface area contributed by atoms with Crippen molar-refractivity contribution < 1.29 is 47.7 Å². The molecule has 1 unspecified atom stereocenters. The van der Waals surface area contributed by atoms with Crippen molar-refractivity contribution in [2.45, 2.75) is 88.8 Å². The van der Waals surface area contributed by atoms with Gasteiger partial charge in [-0.25, -0.2) is 4.79 Å². The molecule has 4 rings (SSSR count). The molecule has 4 N–H and O–H groups in total. The number of amides is 3. The van der Waals surface area contributed by atoms with Crippen molar-refractivity contribution >= 4 is 52.3 Å². The topological polar surface area (TPSA) is 116 Å². The summed E-state index contributed by atoms with van der Waals surface area (Å²) in [6.07, 6.45) is 9.11.